The number of hydrogen-bond acceptors (Lipinski definition) is 5. The van der Waals surface area contributed by atoms with E-state index in [1.165, 1.54) is 6.07 Å². The van der Waals surface area contributed by atoms with Gasteiger partial charge in [0.15, 0.2) is 0 Å². The van der Waals surface area contributed by atoms with Gasteiger partial charge in [0.05, 0.1) is 4.90 Å². The second kappa shape index (κ2) is 5.69. The zero-order chi connectivity index (χ0) is 15.7. The van der Waals surface area contributed by atoms with Crippen LogP contribution in [0.25, 0.3) is 0 Å². The summed E-state index contributed by atoms with van der Waals surface area (Å²) in [6.45, 7) is 0.292. The second-order valence-electron chi connectivity index (χ2n) is 5.57. The molecule has 4 N–H and O–H groups in total. The summed E-state index contributed by atoms with van der Waals surface area (Å²) in [5.41, 5.74) is 6.39. The highest BCUT2D eigenvalue weighted by molar-refractivity contribution is 7.90. The van der Waals surface area contributed by atoms with E-state index in [4.69, 9.17) is 5.73 Å². The van der Waals surface area contributed by atoms with Gasteiger partial charge in [-0.1, -0.05) is 12.1 Å². The average Bonchev–Trinajstić information content (AvgIpc) is 3.30. The highest BCUT2D eigenvalue weighted by Gasteiger charge is 2.30. The quantitative estimate of drug-likeness (QED) is 0.683. The molecule has 1 aliphatic carbocycles. The Morgan fingerprint density at radius 1 is 1.41 bits per heavy atom. The molecular formula is C14H18N4O3S. The molecule has 3 rings (SSSR count). The van der Waals surface area contributed by atoms with E-state index in [-0.39, 0.29) is 29.2 Å². The van der Waals surface area contributed by atoms with Crippen LogP contribution < -0.4 is 15.8 Å². The molecule has 2 aliphatic rings. The van der Waals surface area contributed by atoms with Crippen molar-refractivity contribution in [2.24, 2.45) is 16.6 Å². The van der Waals surface area contributed by atoms with Crippen LogP contribution in [0.15, 0.2) is 34.2 Å². The van der Waals surface area contributed by atoms with Crippen LogP contribution in [-0.4, -0.2) is 39.3 Å². The first-order valence-corrected chi connectivity index (χ1v) is 8.64. The van der Waals surface area contributed by atoms with Crippen molar-refractivity contribution in [1.29, 1.82) is 0 Å². The van der Waals surface area contributed by atoms with E-state index >= 15 is 0 Å². The molecule has 0 saturated heterocycles. The number of hydrogen-bond donors (Lipinski definition) is 3. The smallest absolute Gasteiger partial charge is 0.263 e. The van der Waals surface area contributed by atoms with Gasteiger partial charge in [-0.05, 0) is 30.9 Å². The maximum absolute atomic E-state index is 11.9. The minimum atomic E-state index is -3.56. The molecule has 1 unspecified atom stereocenters. The molecule has 1 fully saturated rings. The number of carbonyl (C=O) groups is 1. The van der Waals surface area contributed by atoms with Crippen LogP contribution in [0.3, 0.4) is 0 Å². The summed E-state index contributed by atoms with van der Waals surface area (Å²) < 4.78 is 26.2. The largest absolute Gasteiger partial charge is 0.353 e. The molecule has 1 amide bonds. The molecule has 0 spiro atoms. The monoisotopic (exact) mass is 322 g/mol. The van der Waals surface area contributed by atoms with Gasteiger partial charge in [0.2, 0.25) is 5.91 Å². The predicted molar refractivity (Wildman–Crippen MR) is 81.9 cm³/mol. The summed E-state index contributed by atoms with van der Waals surface area (Å²) in [5, 5.41) is 2.72. The Morgan fingerprint density at radius 2 is 2.14 bits per heavy atom. The van der Waals surface area contributed by atoms with Crippen molar-refractivity contribution in [1.82, 2.24) is 10.0 Å². The lowest BCUT2D eigenvalue weighted by Crippen LogP contribution is -2.39. The molecule has 8 heteroatoms. The first-order chi connectivity index (χ1) is 10.5. The standard InChI is InChI=1S/C14H18N4O3S/c15-11(9-5-6-9)7-16-13(19)8-17-14-10-3-1-2-4-12(10)22(20,21)18-14/h1-4,9,11H,5-8,15H2,(H,16,19)(H,17,18). The number of fused-ring (bicyclic) bond motifs is 1. The van der Waals surface area contributed by atoms with Gasteiger partial charge >= 0.3 is 0 Å². The lowest BCUT2D eigenvalue weighted by molar-refractivity contribution is -0.119. The summed E-state index contributed by atoms with van der Waals surface area (Å²) in [5.74, 6) is 0.449. The van der Waals surface area contributed by atoms with E-state index in [1.807, 2.05) is 0 Å². The average molecular weight is 322 g/mol. The van der Waals surface area contributed by atoms with Crippen LogP contribution in [-0.2, 0) is 14.8 Å². The molecule has 1 aliphatic heterocycles. The fraction of sp³-hybridized carbons (Fsp3) is 0.429. The SMILES string of the molecule is NC(CNC(=O)CN=C1NS(=O)(=O)c2ccccc21)C1CC1. The van der Waals surface area contributed by atoms with Gasteiger partial charge in [0.25, 0.3) is 10.0 Å². The minimum absolute atomic E-state index is 0.0117. The van der Waals surface area contributed by atoms with E-state index in [1.54, 1.807) is 18.2 Å². The number of nitrogens with two attached hydrogens (primary N) is 1. The molecule has 7 nitrogen and oxygen atoms in total. The lowest BCUT2D eigenvalue weighted by atomic mass is 10.2. The van der Waals surface area contributed by atoms with Crippen molar-refractivity contribution in [2.75, 3.05) is 13.1 Å². The summed E-state index contributed by atoms with van der Waals surface area (Å²) in [7, 11) is -3.56. The van der Waals surface area contributed by atoms with Gasteiger partial charge in [0, 0.05) is 18.2 Å². The third-order valence-electron chi connectivity index (χ3n) is 3.81. The third kappa shape index (κ3) is 3.12. The normalized spacial score (nSPS) is 22.0. The van der Waals surface area contributed by atoms with E-state index < -0.39 is 10.0 Å². The van der Waals surface area contributed by atoms with Crippen LogP contribution in [0.4, 0.5) is 0 Å². The number of benzene rings is 1. The fourth-order valence-electron chi connectivity index (χ4n) is 2.38. The van der Waals surface area contributed by atoms with Crippen LogP contribution in [0.1, 0.15) is 18.4 Å². The number of nitrogens with one attached hydrogen (secondary N) is 2. The summed E-state index contributed by atoms with van der Waals surface area (Å²) >= 11 is 0. The van der Waals surface area contributed by atoms with Crippen molar-refractivity contribution in [3.8, 4) is 0 Å². The number of aliphatic imine (C=N–C) groups is 1. The van der Waals surface area contributed by atoms with Gasteiger partial charge < -0.3 is 11.1 Å². The third-order valence-corrected chi connectivity index (χ3v) is 5.20. The Morgan fingerprint density at radius 3 is 2.86 bits per heavy atom. The number of sulfonamides is 1. The molecule has 0 aromatic heterocycles. The van der Waals surface area contributed by atoms with Crippen molar-refractivity contribution in [3.05, 3.63) is 29.8 Å². The zero-order valence-corrected chi connectivity index (χ0v) is 12.8. The number of amidine groups is 1. The summed E-state index contributed by atoms with van der Waals surface area (Å²) in [6.07, 6.45) is 2.25. The topological polar surface area (TPSA) is 114 Å². The molecule has 1 heterocycles. The Hall–Kier alpha value is -1.93. The number of amides is 1. The molecule has 0 radical (unpaired) electrons. The van der Waals surface area contributed by atoms with Crippen LogP contribution in [0, 0.1) is 5.92 Å². The van der Waals surface area contributed by atoms with E-state index in [0.29, 0.717) is 18.0 Å². The molecule has 1 aromatic rings. The minimum Gasteiger partial charge on any atom is -0.353 e. The lowest BCUT2D eigenvalue weighted by Gasteiger charge is -2.10. The molecule has 1 saturated carbocycles. The van der Waals surface area contributed by atoms with E-state index in [0.717, 1.165) is 12.8 Å². The van der Waals surface area contributed by atoms with Gasteiger partial charge in [-0.25, -0.2) is 8.42 Å². The van der Waals surface area contributed by atoms with Crippen LogP contribution >= 0.6 is 0 Å². The molecule has 118 valence electrons. The Balaban J connectivity index is 1.62. The van der Waals surface area contributed by atoms with Gasteiger partial charge in [-0.3, -0.25) is 14.5 Å². The first kappa shape index (κ1) is 15.0. The van der Waals surface area contributed by atoms with Crippen molar-refractivity contribution in [2.45, 2.75) is 23.8 Å². The highest BCUT2D eigenvalue weighted by atomic mass is 32.2. The van der Waals surface area contributed by atoms with Crippen LogP contribution in [0.2, 0.25) is 0 Å². The van der Waals surface area contributed by atoms with Crippen molar-refractivity contribution >= 4 is 21.8 Å². The van der Waals surface area contributed by atoms with E-state index in [2.05, 4.69) is 15.0 Å². The molecule has 22 heavy (non-hydrogen) atoms. The van der Waals surface area contributed by atoms with Gasteiger partial charge in [-0.15, -0.1) is 0 Å². The van der Waals surface area contributed by atoms with Crippen LogP contribution in [0.5, 0.6) is 0 Å². The molecular weight excluding hydrogens is 304 g/mol. The first-order valence-electron chi connectivity index (χ1n) is 7.16. The molecule has 0 bridgehead atoms. The Labute approximate surface area is 129 Å². The van der Waals surface area contributed by atoms with E-state index in [9.17, 15) is 13.2 Å². The maximum atomic E-state index is 11.9. The summed E-state index contributed by atoms with van der Waals surface area (Å²) in [6, 6.07) is 6.53. The van der Waals surface area contributed by atoms with Crippen molar-refractivity contribution in [3.63, 3.8) is 0 Å². The second-order valence-corrected chi connectivity index (χ2v) is 7.22. The Kier molecular flexibility index (Phi) is 3.88. The summed E-state index contributed by atoms with van der Waals surface area (Å²) in [4.78, 5) is 16.0. The zero-order valence-electron chi connectivity index (χ0n) is 12.0. The van der Waals surface area contributed by atoms with Crippen molar-refractivity contribution < 1.29 is 13.2 Å². The molecule has 1 aromatic carbocycles. The van der Waals surface area contributed by atoms with Gasteiger partial charge in [0.1, 0.15) is 12.4 Å². The van der Waals surface area contributed by atoms with Gasteiger partial charge in [-0.2, -0.15) is 0 Å². The maximum Gasteiger partial charge on any atom is 0.263 e. The number of nitrogens with zero attached hydrogens (tertiary/aromatic N) is 1. The Bertz CT molecular complexity index is 725. The fourth-order valence-corrected chi connectivity index (χ4v) is 3.63. The highest BCUT2D eigenvalue weighted by Crippen LogP contribution is 2.31. The predicted octanol–water partition coefficient (Wildman–Crippen LogP) is -0.421. The number of carbonyl (C=O) groups excluding carboxylic acids is 1. The molecule has 1 atom stereocenters. The number of rotatable bonds is 5.